The van der Waals surface area contributed by atoms with Crippen molar-refractivity contribution in [3.05, 3.63) is 18.2 Å². The zero-order valence-corrected chi connectivity index (χ0v) is 11.4. The molecule has 1 rings (SSSR count). The number of hydrogen-bond donors (Lipinski definition) is 1. The first-order valence-corrected chi connectivity index (χ1v) is 7.20. The van der Waals surface area contributed by atoms with Crippen LogP contribution >= 0.6 is 11.8 Å². The summed E-state index contributed by atoms with van der Waals surface area (Å²) in [5.41, 5.74) is 0. The summed E-state index contributed by atoms with van der Waals surface area (Å²) in [7, 11) is 2.06. The fourth-order valence-electron chi connectivity index (χ4n) is 1.73. The van der Waals surface area contributed by atoms with Crippen LogP contribution < -0.4 is 5.32 Å². The van der Waals surface area contributed by atoms with E-state index in [4.69, 9.17) is 0 Å². The van der Waals surface area contributed by atoms with Gasteiger partial charge in [0.2, 0.25) is 0 Å². The van der Waals surface area contributed by atoms with Gasteiger partial charge >= 0.3 is 0 Å². The molecular weight excluding hydrogens is 218 g/mol. The van der Waals surface area contributed by atoms with Crippen LogP contribution in [-0.2, 0) is 13.5 Å². The minimum atomic E-state index is 0.617. The second-order valence-corrected chi connectivity index (χ2v) is 5.23. The molecule has 0 radical (unpaired) electrons. The van der Waals surface area contributed by atoms with Crippen molar-refractivity contribution in [1.82, 2.24) is 14.9 Å². The molecule has 16 heavy (non-hydrogen) atoms. The maximum absolute atomic E-state index is 4.36. The number of aromatic nitrogens is 2. The lowest BCUT2D eigenvalue weighted by Gasteiger charge is -2.16. The van der Waals surface area contributed by atoms with E-state index in [0.29, 0.717) is 6.04 Å². The monoisotopic (exact) mass is 241 g/mol. The van der Waals surface area contributed by atoms with Crippen LogP contribution in [0.3, 0.4) is 0 Å². The molecule has 92 valence electrons. The number of aryl methyl sites for hydroxylation is 2. The lowest BCUT2D eigenvalue weighted by Crippen LogP contribution is -2.32. The van der Waals surface area contributed by atoms with Crippen LogP contribution in [0.25, 0.3) is 0 Å². The van der Waals surface area contributed by atoms with Gasteiger partial charge in [0, 0.05) is 37.7 Å². The van der Waals surface area contributed by atoms with E-state index in [-0.39, 0.29) is 0 Å². The Balaban J connectivity index is 2.34. The van der Waals surface area contributed by atoms with E-state index in [1.165, 1.54) is 23.8 Å². The second-order valence-electron chi connectivity index (χ2n) is 3.91. The van der Waals surface area contributed by atoms with Crippen molar-refractivity contribution in [3.63, 3.8) is 0 Å². The Morgan fingerprint density at radius 1 is 1.50 bits per heavy atom. The molecule has 0 amide bonds. The highest BCUT2D eigenvalue weighted by Gasteiger charge is 2.08. The summed E-state index contributed by atoms with van der Waals surface area (Å²) in [4.78, 5) is 4.36. The van der Waals surface area contributed by atoms with Crippen LogP contribution in [0, 0.1) is 0 Å². The Kier molecular flexibility index (Phi) is 6.57. The molecule has 4 heteroatoms. The molecule has 3 nitrogen and oxygen atoms in total. The summed E-state index contributed by atoms with van der Waals surface area (Å²) in [5.74, 6) is 3.59. The summed E-state index contributed by atoms with van der Waals surface area (Å²) < 4.78 is 2.11. The Labute approximate surface area is 103 Å². The molecule has 1 aromatic heterocycles. The molecule has 0 aromatic carbocycles. The van der Waals surface area contributed by atoms with E-state index < -0.39 is 0 Å². The summed E-state index contributed by atoms with van der Waals surface area (Å²) >= 11 is 2.01. The van der Waals surface area contributed by atoms with Crippen molar-refractivity contribution in [2.75, 3.05) is 18.1 Å². The quantitative estimate of drug-likeness (QED) is 0.756. The molecule has 1 unspecified atom stereocenters. The molecule has 0 bridgehead atoms. The number of imidazole rings is 1. The van der Waals surface area contributed by atoms with Crippen LogP contribution in [0.4, 0.5) is 0 Å². The Morgan fingerprint density at radius 3 is 2.88 bits per heavy atom. The van der Waals surface area contributed by atoms with Crippen LogP contribution in [-0.4, -0.2) is 33.6 Å². The molecule has 0 aliphatic rings. The van der Waals surface area contributed by atoms with Gasteiger partial charge < -0.3 is 9.88 Å². The average Bonchev–Trinajstić information content (AvgIpc) is 2.68. The fraction of sp³-hybridized carbons (Fsp3) is 0.750. The normalized spacial score (nSPS) is 12.9. The van der Waals surface area contributed by atoms with Gasteiger partial charge in [-0.3, -0.25) is 0 Å². The highest BCUT2D eigenvalue weighted by molar-refractivity contribution is 7.99. The van der Waals surface area contributed by atoms with Crippen molar-refractivity contribution in [2.24, 2.45) is 7.05 Å². The Morgan fingerprint density at radius 2 is 2.31 bits per heavy atom. The first-order valence-electron chi connectivity index (χ1n) is 6.05. The minimum absolute atomic E-state index is 0.617. The third-order valence-corrected chi connectivity index (χ3v) is 3.70. The lowest BCUT2D eigenvalue weighted by atomic mass is 10.2. The largest absolute Gasteiger partial charge is 0.338 e. The zero-order chi connectivity index (χ0) is 11.8. The second kappa shape index (κ2) is 7.74. The molecule has 1 heterocycles. The van der Waals surface area contributed by atoms with Crippen molar-refractivity contribution in [3.8, 4) is 0 Å². The SMILES string of the molecule is CCNC(CCc1nccn1C)CSCC. The van der Waals surface area contributed by atoms with E-state index in [2.05, 4.69) is 35.8 Å². The molecule has 0 fully saturated rings. The van der Waals surface area contributed by atoms with E-state index in [0.717, 1.165) is 13.0 Å². The molecule has 1 aromatic rings. The van der Waals surface area contributed by atoms with Crippen molar-refractivity contribution < 1.29 is 0 Å². The first kappa shape index (κ1) is 13.6. The molecular formula is C12H23N3S. The third kappa shape index (κ3) is 4.58. The highest BCUT2D eigenvalue weighted by atomic mass is 32.2. The van der Waals surface area contributed by atoms with Crippen molar-refractivity contribution in [1.29, 1.82) is 0 Å². The van der Waals surface area contributed by atoms with Gasteiger partial charge in [0.25, 0.3) is 0 Å². The van der Waals surface area contributed by atoms with Gasteiger partial charge in [-0.25, -0.2) is 4.98 Å². The van der Waals surface area contributed by atoms with Gasteiger partial charge in [-0.15, -0.1) is 0 Å². The fourth-order valence-corrected chi connectivity index (χ4v) is 2.54. The van der Waals surface area contributed by atoms with Gasteiger partial charge in [-0.2, -0.15) is 11.8 Å². The topological polar surface area (TPSA) is 29.9 Å². The Bertz CT molecular complexity index is 286. The Hall–Kier alpha value is -0.480. The van der Waals surface area contributed by atoms with Crippen LogP contribution in [0.5, 0.6) is 0 Å². The molecule has 1 N–H and O–H groups in total. The minimum Gasteiger partial charge on any atom is -0.338 e. The molecule has 0 aliphatic heterocycles. The predicted molar refractivity (Wildman–Crippen MR) is 72.0 cm³/mol. The maximum atomic E-state index is 4.36. The molecule has 0 saturated heterocycles. The van der Waals surface area contributed by atoms with E-state index in [1.54, 1.807) is 0 Å². The van der Waals surface area contributed by atoms with E-state index in [9.17, 15) is 0 Å². The van der Waals surface area contributed by atoms with Gasteiger partial charge in [0.1, 0.15) is 5.82 Å². The smallest absolute Gasteiger partial charge is 0.108 e. The van der Waals surface area contributed by atoms with Crippen LogP contribution in [0.1, 0.15) is 26.1 Å². The van der Waals surface area contributed by atoms with Crippen molar-refractivity contribution in [2.45, 2.75) is 32.7 Å². The lowest BCUT2D eigenvalue weighted by molar-refractivity contribution is 0.527. The van der Waals surface area contributed by atoms with Crippen LogP contribution in [0.15, 0.2) is 12.4 Å². The number of rotatable bonds is 8. The molecule has 0 spiro atoms. The third-order valence-electron chi connectivity index (χ3n) is 2.65. The summed E-state index contributed by atoms with van der Waals surface area (Å²) in [6, 6.07) is 0.617. The number of thioether (sulfide) groups is 1. The number of hydrogen-bond acceptors (Lipinski definition) is 3. The maximum Gasteiger partial charge on any atom is 0.108 e. The number of nitrogens with one attached hydrogen (secondary N) is 1. The van der Waals surface area contributed by atoms with E-state index >= 15 is 0 Å². The summed E-state index contributed by atoms with van der Waals surface area (Å²) in [6.07, 6.45) is 6.12. The van der Waals surface area contributed by atoms with Gasteiger partial charge in [0.15, 0.2) is 0 Å². The van der Waals surface area contributed by atoms with Gasteiger partial charge in [-0.1, -0.05) is 13.8 Å². The molecule has 0 saturated carbocycles. The van der Waals surface area contributed by atoms with E-state index in [1.807, 2.05) is 24.2 Å². The molecule has 1 atom stereocenters. The first-order chi connectivity index (χ1) is 7.77. The van der Waals surface area contributed by atoms with Crippen molar-refractivity contribution >= 4 is 11.8 Å². The standard InChI is InChI=1S/C12H23N3S/c1-4-13-11(10-16-5-2)6-7-12-14-8-9-15(12)3/h8-9,11,13H,4-7,10H2,1-3H3. The zero-order valence-electron chi connectivity index (χ0n) is 10.6. The van der Waals surface area contributed by atoms with Crippen LogP contribution in [0.2, 0.25) is 0 Å². The van der Waals surface area contributed by atoms with Gasteiger partial charge in [-0.05, 0) is 18.7 Å². The van der Waals surface area contributed by atoms with Gasteiger partial charge in [0.05, 0.1) is 0 Å². The highest BCUT2D eigenvalue weighted by Crippen LogP contribution is 2.08. The molecule has 0 aliphatic carbocycles. The summed E-state index contributed by atoms with van der Waals surface area (Å²) in [6.45, 7) is 5.44. The number of nitrogens with zero attached hydrogens (tertiary/aromatic N) is 2. The summed E-state index contributed by atoms with van der Waals surface area (Å²) in [5, 5.41) is 3.54. The predicted octanol–water partition coefficient (Wildman–Crippen LogP) is 2.08. The average molecular weight is 241 g/mol.